The summed E-state index contributed by atoms with van der Waals surface area (Å²) in [6.45, 7) is 0. The first kappa shape index (κ1) is 16.0. The lowest BCUT2D eigenvalue weighted by Crippen LogP contribution is -2.14. The van der Waals surface area contributed by atoms with Gasteiger partial charge in [-0.15, -0.1) is 0 Å². The second kappa shape index (κ2) is 5.99. The van der Waals surface area contributed by atoms with Gasteiger partial charge in [-0.2, -0.15) is 13.2 Å². The van der Waals surface area contributed by atoms with Crippen LogP contribution in [0.5, 0.6) is 0 Å². The van der Waals surface area contributed by atoms with Gasteiger partial charge >= 0.3 is 12.1 Å². The number of benzene rings is 1. The highest BCUT2D eigenvalue weighted by Gasteiger charge is 2.31. The van der Waals surface area contributed by atoms with Crippen LogP contribution in [-0.2, 0) is 11.0 Å². The zero-order valence-corrected chi connectivity index (χ0v) is 12.7. The Hall–Kier alpha value is -1.83. The Morgan fingerprint density at radius 1 is 1.30 bits per heavy atom. The summed E-state index contributed by atoms with van der Waals surface area (Å²) in [5.41, 5.74) is -0.370. The molecule has 0 aliphatic heterocycles. The quantitative estimate of drug-likeness (QED) is 0.670. The second-order valence-electron chi connectivity index (χ2n) is 5.43. The fourth-order valence-electron chi connectivity index (χ4n) is 2.38. The number of halogens is 3. The maximum Gasteiger partial charge on any atom is 0.416 e. The molecule has 0 atom stereocenters. The second-order valence-corrected chi connectivity index (χ2v) is 6.39. The van der Waals surface area contributed by atoms with Crippen LogP contribution in [0.3, 0.4) is 0 Å². The minimum Gasteiger partial charge on any atom is -0.481 e. The summed E-state index contributed by atoms with van der Waals surface area (Å²) in [6.07, 6.45) is -1.48. The van der Waals surface area contributed by atoms with E-state index in [4.69, 9.17) is 5.11 Å². The van der Waals surface area contributed by atoms with Crippen LogP contribution in [0.2, 0.25) is 0 Å². The maximum absolute atomic E-state index is 12.9. The van der Waals surface area contributed by atoms with Crippen molar-refractivity contribution >= 4 is 28.6 Å². The van der Waals surface area contributed by atoms with Gasteiger partial charge in [0.2, 0.25) is 0 Å². The van der Waals surface area contributed by atoms with Gasteiger partial charge in [-0.3, -0.25) is 4.79 Å². The number of nitrogens with zero attached hydrogens (tertiary/aromatic N) is 2. The highest BCUT2D eigenvalue weighted by Crippen LogP contribution is 2.38. The first-order valence-corrected chi connectivity index (χ1v) is 8.06. The van der Waals surface area contributed by atoms with Gasteiger partial charge < -0.3 is 5.11 Å². The fraction of sp³-hybridized carbons (Fsp3) is 0.400. The van der Waals surface area contributed by atoms with Gasteiger partial charge in [0.05, 0.1) is 16.8 Å². The highest BCUT2D eigenvalue weighted by atomic mass is 32.2. The Labute approximate surface area is 134 Å². The van der Waals surface area contributed by atoms with E-state index in [1.807, 2.05) is 0 Å². The predicted molar refractivity (Wildman–Crippen MR) is 79.5 cm³/mol. The van der Waals surface area contributed by atoms with Gasteiger partial charge in [-0.05, 0) is 31.0 Å². The third-order valence-corrected chi connectivity index (χ3v) is 4.78. The summed E-state index contributed by atoms with van der Waals surface area (Å²) in [4.78, 5) is 19.5. The lowest BCUT2D eigenvalue weighted by Gasteiger charge is -2.24. The normalized spacial score (nSPS) is 15.6. The summed E-state index contributed by atoms with van der Waals surface area (Å²) >= 11 is 0.926. The average Bonchev–Trinajstić information content (AvgIpc) is 2.41. The number of rotatable bonds is 4. The Morgan fingerprint density at radius 2 is 2.04 bits per heavy atom. The van der Waals surface area contributed by atoms with E-state index in [9.17, 15) is 18.0 Å². The molecule has 8 heteroatoms. The number of thioether (sulfide) groups is 1. The molecular weight excluding hydrogens is 329 g/mol. The van der Waals surface area contributed by atoms with Gasteiger partial charge in [0.25, 0.3) is 0 Å². The zero-order chi connectivity index (χ0) is 16.6. The molecule has 0 saturated heterocycles. The topological polar surface area (TPSA) is 63.1 Å². The monoisotopic (exact) mass is 342 g/mol. The SMILES string of the molecule is O=C(O)CSc1nc(C2CCC2)nc2ccc(C(F)(F)F)cc12. The third kappa shape index (κ3) is 3.41. The molecule has 1 aromatic heterocycles. The largest absolute Gasteiger partial charge is 0.481 e. The summed E-state index contributed by atoms with van der Waals surface area (Å²) in [5.74, 6) is -0.492. The van der Waals surface area contributed by atoms with Gasteiger partial charge in [0.1, 0.15) is 10.9 Å². The lowest BCUT2D eigenvalue weighted by atomic mass is 9.85. The van der Waals surface area contributed by atoms with E-state index in [1.54, 1.807) is 0 Å². The fourth-order valence-corrected chi connectivity index (χ4v) is 3.12. The smallest absolute Gasteiger partial charge is 0.416 e. The molecule has 1 saturated carbocycles. The molecule has 0 radical (unpaired) electrons. The van der Waals surface area contributed by atoms with Crippen LogP contribution in [0.1, 0.15) is 36.6 Å². The van der Waals surface area contributed by atoms with Crippen molar-refractivity contribution in [2.75, 3.05) is 5.75 Å². The summed E-state index contributed by atoms with van der Waals surface area (Å²) in [5, 5.41) is 9.36. The van der Waals surface area contributed by atoms with E-state index >= 15 is 0 Å². The van der Waals surface area contributed by atoms with Crippen LogP contribution in [-0.4, -0.2) is 26.8 Å². The number of carboxylic acids is 1. The molecule has 3 rings (SSSR count). The van der Waals surface area contributed by atoms with Crippen LogP contribution >= 0.6 is 11.8 Å². The summed E-state index contributed by atoms with van der Waals surface area (Å²) in [6, 6.07) is 3.31. The number of carbonyl (C=O) groups is 1. The molecule has 1 heterocycles. The highest BCUT2D eigenvalue weighted by molar-refractivity contribution is 8.00. The summed E-state index contributed by atoms with van der Waals surface area (Å²) < 4.78 is 38.7. The predicted octanol–water partition coefficient (Wildman–Crippen LogP) is 4.09. The van der Waals surface area contributed by atoms with Crippen molar-refractivity contribution in [2.45, 2.75) is 36.4 Å². The van der Waals surface area contributed by atoms with Gasteiger partial charge in [-0.1, -0.05) is 18.2 Å². The Morgan fingerprint density at radius 3 is 2.61 bits per heavy atom. The molecule has 1 aromatic carbocycles. The molecule has 0 bridgehead atoms. The van der Waals surface area contributed by atoms with E-state index in [0.717, 1.165) is 43.2 Å². The van der Waals surface area contributed by atoms with Crippen LogP contribution in [0.25, 0.3) is 10.9 Å². The Bertz CT molecular complexity index is 760. The maximum atomic E-state index is 12.9. The number of hydrogen-bond donors (Lipinski definition) is 1. The van der Waals surface area contributed by atoms with E-state index < -0.39 is 17.7 Å². The molecule has 0 spiro atoms. The zero-order valence-electron chi connectivity index (χ0n) is 11.9. The molecule has 1 N–H and O–H groups in total. The van der Waals surface area contributed by atoms with Gasteiger partial charge in [0.15, 0.2) is 0 Å². The molecule has 1 aliphatic rings. The number of aliphatic carboxylic acids is 1. The number of alkyl halides is 3. The lowest BCUT2D eigenvalue weighted by molar-refractivity contribution is -0.137. The number of hydrogen-bond acceptors (Lipinski definition) is 4. The van der Waals surface area contributed by atoms with Crippen molar-refractivity contribution < 1.29 is 23.1 Å². The first-order chi connectivity index (χ1) is 10.8. The van der Waals surface area contributed by atoms with Crippen molar-refractivity contribution in [3.63, 3.8) is 0 Å². The first-order valence-electron chi connectivity index (χ1n) is 7.08. The van der Waals surface area contributed by atoms with E-state index in [2.05, 4.69) is 9.97 Å². The molecule has 23 heavy (non-hydrogen) atoms. The number of aromatic nitrogens is 2. The Kier molecular flexibility index (Phi) is 4.18. The molecule has 0 amide bonds. The number of carboxylic acid groups (broad SMARTS) is 1. The van der Waals surface area contributed by atoms with Crippen molar-refractivity contribution in [1.82, 2.24) is 9.97 Å². The average molecular weight is 342 g/mol. The van der Waals surface area contributed by atoms with E-state index in [0.29, 0.717) is 16.4 Å². The molecule has 1 aliphatic carbocycles. The standard InChI is InChI=1S/C15H13F3N2O2S/c16-15(17,18)9-4-5-11-10(6-9)14(23-7-12(21)22)20-13(19-11)8-2-1-3-8/h4-6,8H,1-3,7H2,(H,21,22). The van der Waals surface area contributed by atoms with Crippen LogP contribution in [0, 0.1) is 0 Å². The minimum absolute atomic E-state index is 0.214. The van der Waals surface area contributed by atoms with Gasteiger partial charge in [-0.25, -0.2) is 9.97 Å². The van der Waals surface area contributed by atoms with Crippen molar-refractivity contribution in [1.29, 1.82) is 0 Å². The molecule has 2 aromatic rings. The van der Waals surface area contributed by atoms with Crippen molar-refractivity contribution in [2.24, 2.45) is 0 Å². The van der Waals surface area contributed by atoms with Crippen LogP contribution < -0.4 is 0 Å². The molecular formula is C15H13F3N2O2S. The third-order valence-electron chi connectivity index (χ3n) is 3.81. The molecule has 4 nitrogen and oxygen atoms in total. The molecule has 1 fully saturated rings. The molecule has 0 unspecified atom stereocenters. The van der Waals surface area contributed by atoms with E-state index in [1.165, 1.54) is 6.07 Å². The van der Waals surface area contributed by atoms with Gasteiger partial charge in [0, 0.05) is 11.3 Å². The van der Waals surface area contributed by atoms with Crippen LogP contribution in [0.4, 0.5) is 13.2 Å². The Balaban J connectivity index is 2.09. The van der Waals surface area contributed by atoms with Crippen LogP contribution in [0.15, 0.2) is 23.2 Å². The van der Waals surface area contributed by atoms with Crippen molar-refractivity contribution in [3.05, 3.63) is 29.6 Å². The van der Waals surface area contributed by atoms with Crippen molar-refractivity contribution in [3.8, 4) is 0 Å². The summed E-state index contributed by atoms with van der Waals surface area (Å²) in [7, 11) is 0. The molecule has 122 valence electrons. The number of fused-ring (bicyclic) bond motifs is 1. The minimum atomic E-state index is -4.46. The van der Waals surface area contributed by atoms with E-state index in [-0.39, 0.29) is 17.1 Å².